The van der Waals surface area contributed by atoms with E-state index in [4.69, 9.17) is 12.4 Å². The van der Waals surface area contributed by atoms with Gasteiger partial charge in [0, 0.05) is 17.8 Å². The van der Waals surface area contributed by atoms with E-state index in [2.05, 4.69) is 17.2 Å². The number of carbonyl (C=O) groups excluding carboxylic acids is 2. The van der Waals surface area contributed by atoms with E-state index in [9.17, 15) is 18.0 Å². The third-order valence-corrected chi connectivity index (χ3v) is 6.05. The molecule has 0 spiro atoms. The lowest BCUT2D eigenvalue weighted by molar-refractivity contribution is -0.119. The summed E-state index contributed by atoms with van der Waals surface area (Å²) in [7, 11) is 1.58. The SMILES string of the molecule is [B]c1ccc(NC(=O)[C@@H](C(/C=C\C)=C/C=C)C(C)c2ccc(C(=O)NCCS(=O)(=O)O)cc2)cc1. The van der Waals surface area contributed by atoms with E-state index in [0.29, 0.717) is 16.7 Å². The first kappa shape index (κ1) is 27.8. The van der Waals surface area contributed by atoms with E-state index in [0.717, 1.165) is 11.1 Å². The topological polar surface area (TPSA) is 113 Å². The Bertz CT molecular complexity index is 1200. The fourth-order valence-electron chi connectivity index (χ4n) is 3.57. The maximum Gasteiger partial charge on any atom is 0.266 e. The van der Waals surface area contributed by atoms with E-state index >= 15 is 0 Å². The van der Waals surface area contributed by atoms with Crippen molar-refractivity contribution < 1.29 is 22.6 Å². The zero-order valence-electron chi connectivity index (χ0n) is 19.8. The number of nitrogens with one attached hydrogen (secondary N) is 2. The molecule has 2 aromatic rings. The van der Waals surface area contributed by atoms with Crippen molar-refractivity contribution in [2.45, 2.75) is 19.8 Å². The van der Waals surface area contributed by atoms with Crippen molar-refractivity contribution in [3.05, 3.63) is 96.1 Å². The second-order valence-corrected chi connectivity index (χ2v) is 9.52. The number of allylic oxidation sites excluding steroid dienone is 4. The zero-order chi connectivity index (χ0) is 26.0. The van der Waals surface area contributed by atoms with Crippen LogP contribution in [0.1, 0.15) is 35.7 Å². The summed E-state index contributed by atoms with van der Waals surface area (Å²) < 4.78 is 30.4. The highest BCUT2D eigenvalue weighted by Gasteiger charge is 2.29. The Morgan fingerprint density at radius 3 is 2.29 bits per heavy atom. The largest absolute Gasteiger partial charge is 0.351 e. The molecule has 182 valence electrons. The standard InChI is InChI=1S/C26H29BN2O5S/c1-4-6-20(7-5-2)24(26(31)29-23-14-12-22(27)13-15-23)18(3)19-8-10-21(11-9-19)25(30)28-16-17-35(32,33)34/h4-15,18,24H,1,16-17H2,2-3H3,(H,28,30)(H,29,31)(H,32,33,34)/b7-5-,20-6+/t18?,24-/m1/s1. The fourth-order valence-corrected chi connectivity index (χ4v) is 3.93. The average Bonchev–Trinajstić information content (AvgIpc) is 2.80. The van der Waals surface area contributed by atoms with Gasteiger partial charge < -0.3 is 10.6 Å². The predicted octanol–water partition coefficient (Wildman–Crippen LogP) is 3.14. The first-order valence-electron chi connectivity index (χ1n) is 11.0. The second-order valence-electron chi connectivity index (χ2n) is 7.94. The van der Waals surface area contributed by atoms with Crippen molar-refractivity contribution in [2.24, 2.45) is 5.92 Å². The van der Waals surface area contributed by atoms with Crippen LogP contribution in [0.3, 0.4) is 0 Å². The maximum absolute atomic E-state index is 13.4. The van der Waals surface area contributed by atoms with Crippen LogP contribution >= 0.6 is 0 Å². The molecule has 0 heterocycles. The molecule has 0 fully saturated rings. The highest BCUT2D eigenvalue weighted by molar-refractivity contribution is 7.85. The number of anilines is 1. The summed E-state index contributed by atoms with van der Waals surface area (Å²) in [5.41, 5.74) is 3.15. The van der Waals surface area contributed by atoms with Crippen LogP contribution in [-0.2, 0) is 14.9 Å². The third-order valence-electron chi connectivity index (χ3n) is 5.33. The van der Waals surface area contributed by atoms with Crippen LogP contribution in [0.4, 0.5) is 5.69 Å². The van der Waals surface area contributed by atoms with Crippen molar-refractivity contribution >= 4 is 40.9 Å². The molecule has 0 saturated heterocycles. The molecule has 2 aromatic carbocycles. The van der Waals surface area contributed by atoms with E-state index in [1.807, 2.05) is 26.0 Å². The Morgan fingerprint density at radius 2 is 1.74 bits per heavy atom. The van der Waals surface area contributed by atoms with Gasteiger partial charge in [0.2, 0.25) is 5.91 Å². The van der Waals surface area contributed by atoms with Gasteiger partial charge in [0.15, 0.2) is 0 Å². The monoisotopic (exact) mass is 492 g/mol. The number of rotatable bonds is 11. The van der Waals surface area contributed by atoms with Crippen molar-refractivity contribution in [1.82, 2.24) is 5.32 Å². The lowest BCUT2D eigenvalue weighted by Gasteiger charge is -2.25. The van der Waals surface area contributed by atoms with E-state index in [-0.39, 0.29) is 18.4 Å². The molecule has 7 nitrogen and oxygen atoms in total. The normalized spacial score (nSPS) is 13.7. The first-order chi connectivity index (χ1) is 16.6. The fraction of sp³-hybridized carbons (Fsp3) is 0.231. The minimum absolute atomic E-state index is 0.206. The zero-order valence-corrected chi connectivity index (χ0v) is 20.6. The second kappa shape index (κ2) is 12.9. The van der Waals surface area contributed by atoms with E-state index < -0.39 is 27.7 Å². The van der Waals surface area contributed by atoms with Crippen LogP contribution in [0.25, 0.3) is 0 Å². The molecule has 9 heteroatoms. The lowest BCUT2D eigenvalue weighted by Crippen LogP contribution is -2.29. The molecule has 0 aromatic heterocycles. The minimum Gasteiger partial charge on any atom is -0.351 e. The van der Waals surface area contributed by atoms with Crippen molar-refractivity contribution in [3.63, 3.8) is 0 Å². The van der Waals surface area contributed by atoms with Gasteiger partial charge in [-0.1, -0.05) is 67.5 Å². The van der Waals surface area contributed by atoms with Gasteiger partial charge in [0.1, 0.15) is 7.85 Å². The Hall–Kier alpha value is -3.43. The molecule has 3 N–H and O–H groups in total. The number of carbonyl (C=O) groups is 2. The van der Waals surface area contributed by atoms with Crippen molar-refractivity contribution in [3.8, 4) is 0 Å². The van der Waals surface area contributed by atoms with Crippen LogP contribution in [-0.4, -0.2) is 44.9 Å². The molecular weight excluding hydrogens is 463 g/mol. The van der Waals surface area contributed by atoms with Crippen molar-refractivity contribution in [2.75, 3.05) is 17.6 Å². The Morgan fingerprint density at radius 1 is 1.11 bits per heavy atom. The number of hydrogen-bond donors (Lipinski definition) is 3. The molecule has 2 atom stereocenters. The highest BCUT2D eigenvalue weighted by atomic mass is 32.2. The molecule has 0 aliphatic carbocycles. The quantitative estimate of drug-likeness (QED) is 0.254. The predicted molar refractivity (Wildman–Crippen MR) is 141 cm³/mol. The summed E-state index contributed by atoms with van der Waals surface area (Å²) in [6.45, 7) is 7.35. The van der Waals surface area contributed by atoms with Crippen LogP contribution in [0.5, 0.6) is 0 Å². The summed E-state index contributed by atoms with van der Waals surface area (Å²) in [6, 6.07) is 13.6. The van der Waals surface area contributed by atoms with Crippen LogP contribution in [0, 0.1) is 5.92 Å². The molecule has 0 aliphatic rings. The summed E-state index contributed by atoms with van der Waals surface area (Å²) in [5.74, 6) is -2.06. The van der Waals surface area contributed by atoms with Gasteiger partial charge in [-0.05, 0) is 48.2 Å². The third kappa shape index (κ3) is 8.70. The highest BCUT2D eigenvalue weighted by Crippen LogP contribution is 2.32. The van der Waals surface area contributed by atoms with Gasteiger partial charge in [-0.3, -0.25) is 14.1 Å². The van der Waals surface area contributed by atoms with E-state index in [1.165, 1.54) is 0 Å². The molecule has 2 rings (SSSR count). The molecule has 1 unspecified atom stereocenters. The molecule has 0 bridgehead atoms. The van der Waals surface area contributed by atoms with Gasteiger partial charge in [-0.15, -0.1) is 0 Å². The van der Waals surface area contributed by atoms with Crippen LogP contribution in [0.15, 0.2) is 85.0 Å². The molecule has 0 aliphatic heterocycles. The minimum atomic E-state index is -4.16. The van der Waals surface area contributed by atoms with Crippen LogP contribution < -0.4 is 16.1 Å². The van der Waals surface area contributed by atoms with Gasteiger partial charge >= 0.3 is 0 Å². The summed E-state index contributed by atoms with van der Waals surface area (Å²) >= 11 is 0. The number of hydrogen-bond acceptors (Lipinski definition) is 4. The summed E-state index contributed by atoms with van der Waals surface area (Å²) in [4.78, 5) is 25.7. The number of benzene rings is 2. The lowest BCUT2D eigenvalue weighted by atomic mass is 9.81. The van der Waals surface area contributed by atoms with Gasteiger partial charge in [-0.25, -0.2) is 0 Å². The molecule has 2 radical (unpaired) electrons. The first-order valence-corrected chi connectivity index (χ1v) is 12.6. The van der Waals surface area contributed by atoms with Gasteiger partial charge in [0.25, 0.3) is 16.0 Å². The summed E-state index contributed by atoms with van der Waals surface area (Å²) in [6.07, 6.45) is 7.14. The Kier molecular flexibility index (Phi) is 10.2. The molecular formula is C26H29BN2O5S. The Labute approximate surface area is 208 Å². The van der Waals surface area contributed by atoms with E-state index in [1.54, 1.807) is 60.7 Å². The van der Waals surface area contributed by atoms with Gasteiger partial charge in [-0.2, -0.15) is 8.42 Å². The van der Waals surface area contributed by atoms with Gasteiger partial charge in [0.05, 0.1) is 11.7 Å². The smallest absolute Gasteiger partial charge is 0.266 e. The summed E-state index contributed by atoms with van der Waals surface area (Å²) in [5, 5.41) is 5.39. The average molecular weight is 492 g/mol. The maximum atomic E-state index is 13.4. The number of amides is 2. The molecule has 35 heavy (non-hydrogen) atoms. The molecule has 2 amide bonds. The van der Waals surface area contributed by atoms with Crippen LogP contribution in [0.2, 0.25) is 0 Å². The van der Waals surface area contributed by atoms with Crippen molar-refractivity contribution in [1.29, 1.82) is 0 Å². The molecule has 0 saturated carbocycles. The Balaban J connectivity index is 2.28.